The minimum atomic E-state index is -0.590. The number of hydrogen-bond acceptors (Lipinski definition) is 5. The second-order valence-electron chi connectivity index (χ2n) is 3.97. The molecular weight excluding hydrogens is 234 g/mol. The standard InChI is InChI=1S/C11H9N5O2/c1-15-7-5-12-4-3-6(7)13-8-9(15)14-11(18)16(2)10(8)17/h3-5H,1-2H3. The lowest BCUT2D eigenvalue weighted by Crippen LogP contribution is -2.36. The predicted octanol–water partition coefficient (Wildman–Crippen LogP) is -0.473. The van der Waals surface area contributed by atoms with Crippen LogP contribution in [0.1, 0.15) is 0 Å². The highest BCUT2D eigenvalue weighted by Crippen LogP contribution is 2.17. The molecule has 3 heterocycles. The van der Waals surface area contributed by atoms with Gasteiger partial charge in [-0.05, 0) is 6.07 Å². The molecule has 0 unspecified atom stereocenters. The number of nitrogens with zero attached hydrogens (tertiary/aromatic N) is 5. The minimum Gasteiger partial charge on any atom is -0.324 e. The Morgan fingerprint density at radius 2 is 1.89 bits per heavy atom. The van der Waals surface area contributed by atoms with E-state index in [2.05, 4.69) is 15.0 Å². The molecule has 0 N–H and O–H groups in total. The van der Waals surface area contributed by atoms with Crippen LogP contribution in [0.25, 0.3) is 22.6 Å². The highest BCUT2D eigenvalue weighted by molar-refractivity contribution is 5.77. The molecule has 0 fully saturated rings. The van der Waals surface area contributed by atoms with E-state index in [1.807, 2.05) is 0 Å². The van der Waals surface area contributed by atoms with Gasteiger partial charge in [-0.3, -0.25) is 14.3 Å². The van der Waals surface area contributed by atoms with Gasteiger partial charge in [-0.1, -0.05) is 0 Å². The predicted molar refractivity (Wildman–Crippen MR) is 64.4 cm³/mol. The fourth-order valence-electron chi connectivity index (χ4n) is 1.86. The van der Waals surface area contributed by atoms with E-state index in [0.29, 0.717) is 11.0 Å². The van der Waals surface area contributed by atoms with Crippen molar-refractivity contribution in [3.05, 3.63) is 39.3 Å². The topological polar surface area (TPSA) is 82.7 Å². The SMILES string of the molecule is Cn1c(=O)nc2n(C)c3cnccc3nc-2c1=O. The van der Waals surface area contributed by atoms with Crippen LogP contribution in [0.3, 0.4) is 0 Å². The third kappa shape index (κ3) is 1.27. The van der Waals surface area contributed by atoms with E-state index in [1.54, 1.807) is 30.1 Å². The number of rotatable bonds is 0. The van der Waals surface area contributed by atoms with Gasteiger partial charge in [0.15, 0.2) is 11.5 Å². The van der Waals surface area contributed by atoms with Crippen LogP contribution in [0.5, 0.6) is 0 Å². The first-order valence-electron chi connectivity index (χ1n) is 5.27. The van der Waals surface area contributed by atoms with E-state index in [1.165, 1.54) is 7.05 Å². The zero-order valence-electron chi connectivity index (χ0n) is 9.78. The van der Waals surface area contributed by atoms with Gasteiger partial charge in [0.2, 0.25) is 0 Å². The first-order valence-corrected chi connectivity index (χ1v) is 5.27. The van der Waals surface area contributed by atoms with Gasteiger partial charge < -0.3 is 4.57 Å². The lowest BCUT2D eigenvalue weighted by atomic mass is 10.3. The summed E-state index contributed by atoms with van der Waals surface area (Å²) < 4.78 is 2.59. The van der Waals surface area contributed by atoms with Crippen LogP contribution < -0.4 is 11.2 Å². The van der Waals surface area contributed by atoms with Crippen LogP contribution in [0.2, 0.25) is 0 Å². The molecule has 90 valence electrons. The van der Waals surface area contributed by atoms with Gasteiger partial charge in [-0.15, -0.1) is 0 Å². The van der Waals surface area contributed by atoms with Crippen molar-refractivity contribution in [1.29, 1.82) is 0 Å². The average Bonchev–Trinajstić information content (AvgIpc) is 2.38. The van der Waals surface area contributed by atoms with Crippen LogP contribution in [0.4, 0.5) is 0 Å². The Bertz CT molecular complexity index is 848. The molecule has 18 heavy (non-hydrogen) atoms. The van der Waals surface area contributed by atoms with Crippen LogP contribution in [0.15, 0.2) is 28.0 Å². The summed E-state index contributed by atoms with van der Waals surface area (Å²) in [5.74, 6) is 0.267. The largest absolute Gasteiger partial charge is 0.352 e. The molecule has 0 aliphatic carbocycles. The molecule has 0 radical (unpaired) electrons. The van der Waals surface area contributed by atoms with E-state index >= 15 is 0 Å². The zero-order chi connectivity index (χ0) is 12.9. The highest BCUT2D eigenvalue weighted by Gasteiger charge is 2.18. The van der Waals surface area contributed by atoms with Crippen molar-refractivity contribution >= 4 is 11.0 Å². The summed E-state index contributed by atoms with van der Waals surface area (Å²) >= 11 is 0. The third-order valence-corrected chi connectivity index (χ3v) is 2.90. The smallest absolute Gasteiger partial charge is 0.324 e. The summed E-state index contributed by atoms with van der Waals surface area (Å²) in [6, 6.07) is 1.71. The highest BCUT2D eigenvalue weighted by atomic mass is 16.2. The summed E-state index contributed by atoms with van der Waals surface area (Å²) in [5, 5.41) is 0. The summed E-state index contributed by atoms with van der Waals surface area (Å²) in [6.07, 6.45) is 3.21. The average molecular weight is 243 g/mol. The van der Waals surface area contributed by atoms with Crippen molar-refractivity contribution in [3.63, 3.8) is 0 Å². The van der Waals surface area contributed by atoms with E-state index in [0.717, 1.165) is 4.57 Å². The maximum absolute atomic E-state index is 12.0. The molecule has 7 nitrogen and oxygen atoms in total. The van der Waals surface area contributed by atoms with Gasteiger partial charge >= 0.3 is 5.69 Å². The van der Waals surface area contributed by atoms with Crippen molar-refractivity contribution in [3.8, 4) is 11.5 Å². The monoisotopic (exact) mass is 243 g/mol. The number of pyridine rings is 1. The Morgan fingerprint density at radius 1 is 1.11 bits per heavy atom. The quantitative estimate of drug-likeness (QED) is 0.498. The van der Waals surface area contributed by atoms with E-state index in [-0.39, 0.29) is 11.5 Å². The molecule has 0 aromatic carbocycles. The van der Waals surface area contributed by atoms with E-state index < -0.39 is 11.2 Å². The first-order chi connectivity index (χ1) is 8.59. The molecule has 0 spiro atoms. The van der Waals surface area contributed by atoms with Crippen LogP contribution in [-0.4, -0.2) is 24.1 Å². The second kappa shape index (κ2) is 3.46. The number of aryl methyl sites for hydroxylation is 1. The third-order valence-electron chi connectivity index (χ3n) is 2.90. The summed E-state index contributed by atoms with van der Waals surface area (Å²) in [7, 11) is 3.11. The lowest BCUT2D eigenvalue weighted by Gasteiger charge is -2.12. The molecule has 0 saturated heterocycles. The van der Waals surface area contributed by atoms with Crippen molar-refractivity contribution < 1.29 is 0 Å². The molecule has 1 aromatic heterocycles. The number of hydrogen-bond donors (Lipinski definition) is 0. The van der Waals surface area contributed by atoms with Gasteiger partial charge in [0.1, 0.15) is 0 Å². The number of fused-ring (bicyclic) bond motifs is 2. The van der Waals surface area contributed by atoms with E-state index in [9.17, 15) is 9.59 Å². The fourth-order valence-corrected chi connectivity index (χ4v) is 1.86. The molecule has 7 heteroatoms. The molecule has 1 aromatic rings. The van der Waals surface area contributed by atoms with Gasteiger partial charge in [0.05, 0.1) is 17.2 Å². The Kier molecular flexibility index (Phi) is 2.03. The van der Waals surface area contributed by atoms with Gasteiger partial charge in [-0.2, -0.15) is 4.98 Å². The summed E-state index contributed by atoms with van der Waals surface area (Å²) in [6.45, 7) is 0. The molecule has 0 bridgehead atoms. The normalized spacial score (nSPS) is 11.2. The minimum absolute atomic E-state index is 0.179. The Morgan fingerprint density at radius 3 is 2.67 bits per heavy atom. The first kappa shape index (κ1) is 10.6. The van der Waals surface area contributed by atoms with Crippen molar-refractivity contribution in [1.82, 2.24) is 24.1 Å². The number of aromatic nitrogens is 5. The van der Waals surface area contributed by atoms with Gasteiger partial charge in [0, 0.05) is 20.3 Å². The van der Waals surface area contributed by atoms with Crippen LogP contribution in [-0.2, 0) is 14.1 Å². The van der Waals surface area contributed by atoms with Gasteiger partial charge in [-0.25, -0.2) is 9.78 Å². The molecule has 0 saturated carbocycles. The van der Waals surface area contributed by atoms with Crippen LogP contribution in [0, 0.1) is 0 Å². The molecule has 0 atom stereocenters. The molecule has 0 amide bonds. The van der Waals surface area contributed by atoms with Crippen molar-refractivity contribution in [2.24, 2.45) is 14.1 Å². The zero-order valence-corrected chi connectivity index (χ0v) is 9.78. The lowest BCUT2D eigenvalue weighted by molar-refractivity contribution is 0.748. The Balaban J connectivity index is 2.65. The van der Waals surface area contributed by atoms with Crippen molar-refractivity contribution in [2.45, 2.75) is 0 Å². The second-order valence-corrected chi connectivity index (χ2v) is 3.97. The molecule has 2 aliphatic heterocycles. The van der Waals surface area contributed by atoms with Crippen LogP contribution >= 0.6 is 0 Å². The summed E-state index contributed by atoms with van der Waals surface area (Å²) in [5.41, 5.74) is 0.494. The van der Waals surface area contributed by atoms with Gasteiger partial charge in [0.25, 0.3) is 5.56 Å². The Hall–Kier alpha value is -2.57. The summed E-state index contributed by atoms with van der Waals surface area (Å²) in [4.78, 5) is 35.6. The molecule has 2 aliphatic rings. The van der Waals surface area contributed by atoms with E-state index in [4.69, 9.17) is 0 Å². The van der Waals surface area contributed by atoms with Crippen molar-refractivity contribution in [2.75, 3.05) is 0 Å². The Labute approximate surface area is 101 Å². The maximum atomic E-state index is 12.0. The molecule has 3 rings (SSSR count). The molecular formula is C11H9N5O2. The maximum Gasteiger partial charge on any atom is 0.352 e. The fraction of sp³-hybridized carbons (Fsp3) is 0.182.